The zero-order valence-corrected chi connectivity index (χ0v) is 22.1. The molecular weight excluding hydrogens is 444 g/mol. The van der Waals surface area contributed by atoms with Crippen LogP contribution >= 0.6 is 0 Å². The van der Waals surface area contributed by atoms with Crippen LogP contribution in [0.25, 0.3) is 0 Å². The van der Waals surface area contributed by atoms with Crippen LogP contribution in [0.15, 0.2) is 54.6 Å². The number of nitrogens with zero attached hydrogens (tertiary/aromatic N) is 1. The first-order valence-electron chi connectivity index (χ1n) is 14.3. The average Bonchev–Trinajstić information content (AvgIpc) is 3.73. The predicted molar refractivity (Wildman–Crippen MR) is 146 cm³/mol. The third kappa shape index (κ3) is 6.32. The van der Waals surface area contributed by atoms with Gasteiger partial charge in [0, 0.05) is 31.0 Å². The standard InChI is InChI=1S/C32H44N2O2/c1-36-30-13-8-12-27(21-30)32-19-20-34(23-26-15-16-26)24-28(32)17-18-29(22-32)33-31(35)14-7-3-6-11-25-9-4-2-5-10-25/h2,4-5,8-10,12-13,21,26,28-29H,3,6-7,11,14-20,22-24H2,1H3,(H,33,35)/t28-,29-,32+/m1/s1. The summed E-state index contributed by atoms with van der Waals surface area (Å²) in [5.74, 6) is 2.79. The molecule has 1 aliphatic heterocycles. The van der Waals surface area contributed by atoms with Crippen LogP contribution in [0.5, 0.6) is 5.75 Å². The molecule has 0 bridgehead atoms. The normalized spacial score (nSPS) is 26.2. The molecule has 2 saturated carbocycles. The summed E-state index contributed by atoms with van der Waals surface area (Å²) in [4.78, 5) is 15.6. The van der Waals surface area contributed by atoms with Gasteiger partial charge >= 0.3 is 0 Å². The molecule has 1 amide bonds. The van der Waals surface area contributed by atoms with Crippen molar-refractivity contribution in [2.45, 2.75) is 82.1 Å². The molecule has 1 heterocycles. The number of methoxy groups -OCH3 is 1. The van der Waals surface area contributed by atoms with Crippen molar-refractivity contribution in [3.8, 4) is 5.75 Å². The zero-order valence-electron chi connectivity index (χ0n) is 22.1. The van der Waals surface area contributed by atoms with E-state index < -0.39 is 0 Å². The van der Waals surface area contributed by atoms with Gasteiger partial charge in [0.05, 0.1) is 7.11 Å². The predicted octanol–water partition coefficient (Wildman–Crippen LogP) is 6.14. The smallest absolute Gasteiger partial charge is 0.220 e. The van der Waals surface area contributed by atoms with E-state index in [9.17, 15) is 4.79 Å². The van der Waals surface area contributed by atoms with Gasteiger partial charge < -0.3 is 15.0 Å². The highest BCUT2D eigenvalue weighted by Crippen LogP contribution is 2.50. The Balaban J connectivity index is 1.17. The summed E-state index contributed by atoms with van der Waals surface area (Å²) in [6, 6.07) is 19.7. The number of hydrogen-bond acceptors (Lipinski definition) is 3. The Morgan fingerprint density at radius 1 is 1.03 bits per heavy atom. The fourth-order valence-electron chi connectivity index (χ4n) is 6.84. The number of fused-ring (bicyclic) bond motifs is 1. The summed E-state index contributed by atoms with van der Waals surface area (Å²) in [6.45, 7) is 3.66. The second-order valence-electron chi connectivity index (χ2n) is 11.6. The van der Waals surface area contributed by atoms with E-state index in [0.29, 0.717) is 12.3 Å². The van der Waals surface area contributed by atoms with Crippen molar-refractivity contribution in [3.05, 3.63) is 65.7 Å². The van der Waals surface area contributed by atoms with Crippen molar-refractivity contribution in [2.75, 3.05) is 26.7 Å². The lowest BCUT2D eigenvalue weighted by Crippen LogP contribution is -2.56. The molecule has 5 rings (SSSR count). The Labute approximate surface area is 217 Å². The van der Waals surface area contributed by atoms with E-state index in [0.717, 1.165) is 50.2 Å². The number of aryl methyl sites for hydroxylation is 1. The van der Waals surface area contributed by atoms with Gasteiger partial charge in [-0.2, -0.15) is 0 Å². The number of ether oxygens (including phenoxy) is 1. The van der Waals surface area contributed by atoms with Crippen LogP contribution in [-0.2, 0) is 16.6 Å². The minimum absolute atomic E-state index is 0.139. The molecular formula is C32H44N2O2. The molecule has 0 radical (unpaired) electrons. The minimum atomic E-state index is 0.139. The van der Waals surface area contributed by atoms with E-state index in [2.05, 4.69) is 64.8 Å². The second-order valence-corrected chi connectivity index (χ2v) is 11.6. The largest absolute Gasteiger partial charge is 0.497 e. The molecule has 2 aromatic rings. The van der Waals surface area contributed by atoms with Gasteiger partial charge in [0.25, 0.3) is 0 Å². The number of amides is 1. The lowest BCUT2D eigenvalue weighted by Gasteiger charge is -2.53. The topological polar surface area (TPSA) is 41.6 Å². The number of carbonyl (C=O) groups is 1. The summed E-state index contributed by atoms with van der Waals surface area (Å²) < 4.78 is 5.61. The van der Waals surface area contributed by atoms with E-state index >= 15 is 0 Å². The van der Waals surface area contributed by atoms with Crippen LogP contribution in [0.4, 0.5) is 0 Å². The van der Waals surface area contributed by atoms with Crippen molar-refractivity contribution >= 4 is 5.91 Å². The van der Waals surface area contributed by atoms with E-state index in [1.807, 2.05) is 0 Å². The highest BCUT2D eigenvalue weighted by Gasteiger charge is 2.48. The lowest BCUT2D eigenvalue weighted by atomic mass is 9.58. The molecule has 3 aliphatic rings. The number of rotatable bonds is 11. The van der Waals surface area contributed by atoms with Crippen LogP contribution < -0.4 is 10.1 Å². The molecule has 2 aromatic carbocycles. The average molecular weight is 489 g/mol. The molecule has 36 heavy (non-hydrogen) atoms. The summed E-state index contributed by atoms with van der Waals surface area (Å²) in [6.07, 6.45) is 12.4. The molecule has 3 atom stereocenters. The zero-order chi connectivity index (χ0) is 24.8. The van der Waals surface area contributed by atoms with E-state index in [-0.39, 0.29) is 17.4 Å². The number of unbranched alkanes of at least 4 members (excludes halogenated alkanes) is 2. The summed E-state index contributed by atoms with van der Waals surface area (Å²) in [7, 11) is 1.76. The van der Waals surface area contributed by atoms with Crippen LogP contribution in [-0.4, -0.2) is 43.6 Å². The molecule has 4 heteroatoms. The molecule has 2 aliphatic carbocycles. The van der Waals surface area contributed by atoms with Crippen molar-refractivity contribution in [1.29, 1.82) is 0 Å². The fraction of sp³-hybridized carbons (Fsp3) is 0.594. The summed E-state index contributed by atoms with van der Waals surface area (Å²) >= 11 is 0. The maximum Gasteiger partial charge on any atom is 0.220 e. The maximum absolute atomic E-state index is 12.9. The summed E-state index contributed by atoms with van der Waals surface area (Å²) in [5, 5.41) is 3.45. The van der Waals surface area contributed by atoms with Crippen LogP contribution in [0.1, 0.15) is 75.3 Å². The highest BCUT2D eigenvalue weighted by molar-refractivity contribution is 5.76. The number of likely N-dealkylation sites (tertiary alicyclic amines) is 1. The van der Waals surface area contributed by atoms with Crippen molar-refractivity contribution in [2.24, 2.45) is 11.8 Å². The molecule has 0 aromatic heterocycles. The number of benzene rings is 2. The first-order chi connectivity index (χ1) is 17.6. The Bertz CT molecular complexity index is 989. The van der Waals surface area contributed by atoms with Crippen molar-refractivity contribution < 1.29 is 9.53 Å². The minimum Gasteiger partial charge on any atom is -0.497 e. The molecule has 0 spiro atoms. The third-order valence-corrected chi connectivity index (χ3v) is 9.04. The van der Waals surface area contributed by atoms with Gasteiger partial charge in [-0.25, -0.2) is 0 Å². The van der Waals surface area contributed by atoms with Gasteiger partial charge in [-0.05, 0) is 99.4 Å². The van der Waals surface area contributed by atoms with Gasteiger partial charge in [0.1, 0.15) is 5.75 Å². The van der Waals surface area contributed by atoms with E-state index in [1.165, 1.54) is 56.4 Å². The van der Waals surface area contributed by atoms with Crippen molar-refractivity contribution in [1.82, 2.24) is 10.2 Å². The molecule has 194 valence electrons. The van der Waals surface area contributed by atoms with Gasteiger partial charge in [0.15, 0.2) is 0 Å². The first kappa shape index (κ1) is 25.3. The monoisotopic (exact) mass is 488 g/mol. The molecule has 0 unspecified atom stereocenters. The Morgan fingerprint density at radius 3 is 2.69 bits per heavy atom. The van der Waals surface area contributed by atoms with E-state index in [1.54, 1.807) is 7.11 Å². The fourth-order valence-corrected chi connectivity index (χ4v) is 6.84. The molecule has 3 fully saturated rings. The number of piperidine rings is 1. The SMILES string of the molecule is COc1cccc([C@@]23CCN(CC4CC4)C[C@H]2CC[C@@H](NC(=O)CCCCCc2ccccc2)C3)c1. The number of carbonyl (C=O) groups excluding carboxylic acids is 1. The first-order valence-corrected chi connectivity index (χ1v) is 14.3. The number of nitrogens with one attached hydrogen (secondary N) is 1. The Morgan fingerprint density at radius 2 is 1.89 bits per heavy atom. The van der Waals surface area contributed by atoms with Gasteiger partial charge in [-0.1, -0.05) is 48.9 Å². The lowest BCUT2D eigenvalue weighted by molar-refractivity contribution is -0.122. The quantitative estimate of drug-likeness (QED) is 0.387. The van der Waals surface area contributed by atoms with Gasteiger partial charge in [-0.3, -0.25) is 4.79 Å². The Hall–Kier alpha value is -2.33. The van der Waals surface area contributed by atoms with Crippen molar-refractivity contribution in [3.63, 3.8) is 0 Å². The summed E-state index contributed by atoms with van der Waals surface area (Å²) in [5.41, 5.74) is 2.95. The third-order valence-electron chi connectivity index (χ3n) is 9.04. The van der Waals surface area contributed by atoms with Gasteiger partial charge in [0.2, 0.25) is 5.91 Å². The second kappa shape index (κ2) is 11.8. The molecule has 4 nitrogen and oxygen atoms in total. The van der Waals surface area contributed by atoms with Crippen LogP contribution in [0.3, 0.4) is 0 Å². The molecule has 1 N–H and O–H groups in total. The number of hydrogen-bond donors (Lipinski definition) is 1. The van der Waals surface area contributed by atoms with Crippen LogP contribution in [0.2, 0.25) is 0 Å². The van der Waals surface area contributed by atoms with Gasteiger partial charge in [-0.15, -0.1) is 0 Å². The molecule has 1 saturated heterocycles. The van der Waals surface area contributed by atoms with E-state index in [4.69, 9.17) is 4.74 Å². The Kier molecular flexibility index (Phi) is 8.31. The van der Waals surface area contributed by atoms with Crippen LogP contribution in [0, 0.1) is 11.8 Å². The highest BCUT2D eigenvalue weighted by atomic mass is 16.5. The maximum atomic E-state index is 12.9.